The Kier molecular flexibility index (Phi) is 2.72. The summed E-state index contributed by atoms with van der Waals surface area (Å²) in [5.74, 6) is 0.415. The highest BCUT2D eigenvalue weighted by atomic mass is 16.5. The van der Waals surface area contributed by atoms with Crippen molar-refractivity contribution in [3.8, 4) is 5.75 Å². The van der Waals surface area contributed by atoms with Crippen LogP contribution in [0.2, 0.25) is 0 Å². The van der Waals surface area contributed by atoms with Gasteiger partial charge in [-0.3, -0.25) is 4.79 Å². The lowest BCUT2D eigenvalue weighted by Gasteiger charge is -2.11. The maximum Gasteiger partial charge on any atom is 0.330 e. The third-order valence-corrected chi connectivity index (χ3v) is 2.55. The predicted octanol–water partition coefficient (Wildman–Crippen LogP) is 0.176. The number of hydrogen-bond acceptors (Lipinski definition) is 4. The first-order valence-electron chi connectivity index (χ1n) is 5.13. The van der Waals surface area contributed by atoms with Crippen molar-refractivity contribution in [1.29, 1.82) is 0 Å². The van der Waals surface area contributed by atoms with Gasteiger partial charge in [-0.1, -0.05) is 6.07 Å². The average Bonchev–Trinajstić information content (AvgIpc) is 2.27. The largest absolute Gasteiger partial charge is 0.496 e. The van der Waals surface area contributed by atoms with Crippen molar-refractivity contribution in [2.75, 3.05) is 7.11 Å². The van der Waals surface area contributed by atoms with E-state index in [-0.39, 0.29) is 0 Å². The summed E-state index contributed by atoms with van der Waals surface area (Å²) in [4.78, 5) is 26.4. The number of benzene rings is 1. The maximum atomic E-state index is 12.2. The third-order valence-electron chi connectivity index (χ3n) is 2.55. The van der Waals surface area contributed by atoms with E-state index in [1.807, 2.05) is 0 Å². The molecule has 2 aromatic rings. The minimum atomic E-state index is -0.694. The first-order valence-corrected chi connectivity index (χ1v) is 5.13. The van der Waals surface area contributed by atoms with E-state index in [1.165, 1.54) is 7.11 Å². The molecule has 1 atom stereocenters. The van der Waals surface area contributed by atoms with Crippen molar-refractivity contribution in [2.24, 2.45) is 5.73 Å². The number of aromatic amines is 1. The van der Waals surface area contributed by atoms with E-state index in [2.05, 4.69) is 4.98 Å². The average molecular weight is 235 g/mol. The SMILES string of the molecule is COc1cccc2[nH]c(=O)n(C(C)N)c(=O)c12. The van der Waals surface area contributed by atoms with Gasteiger partial charge in [0.15, 0.2) is 0 Å². The molecule has 0 aliphatic heterocycles. The second kappa shape index (κ2) is 4.06. The van der Waals surface area contributed by atoms with Crippen LogP contribution in [0.15, 0.2) is 27.8 Å². The Hall–Kier alpha value is -2.08. The van der Waals surface area contributed by atoms with Crippen molar-refractivity contribution in [1.82, 2.24) is 9.55 Å². The Morgan fingerprint density at radius 2 is 2.12 bits per heavy atom. The highest BCUT2D eigenvalue weighted by molar-refractivity contribution is 5.83. The van der Waals surface area contributed by atoms with Crippen molar-refractivity contribution in [3.63, 3.8) is 0 Å². The molecule has 0 aliphatic carbocycles. The smallest absolute Gasteiger partial charge is 0.330 e. The lowest BCUT2D eigenvalue weighted by molar-refractivity contribution is 0.418. The van der Waals surface area contributed by atoms with Crippen LogP contribution in [0.4, 0.5) is 0 Å². The Bertz CT molecular complexity index is 670. The minimum Gasteiger partial charge on any atom is -0.496 e. The number of rotatable bonds is 2. The first-order chi connectivity index (χ1) is 8.06. The van der Waals surface area contributed by atoms with E-state index in [0.717, 1.165) is 4.57 Å². The Balaban J connectivity index is 3.00. The van der Waals surface area contributed by atoms with Crippen LogP contribution in [0.1, 0.15) is 13.1 Å². The number of methoxy groups -OCH3 is 1. The van der Waals surface area contributed by atoms with Crippen LogP contribution in [0.3, 0.4) is 0 Å². The summed E-state index contributed by atoms with van der Waals surface area (Å²) in [7, 11) is 1.47. The molecule has 0 saturated heterocycles. The van der Waals surface area contributed by atoms with Crippen molar-refractivity contribution in [3.05, 3.63) is 39.0 Å². The van der Waals surface area contributed by atoms with E-state index in [1.54, 1.807) is 25.1 Å². The number of aromatic nitrogens is 2. The van der Waals surface area contributed by atoms with Gasteiger partial charge in [-0.25, -0.2) is 9.36 Å². The van der Waals surface area contributed by atoms with Crippen LogP contribution < -0.4 is 21.7 Å². The van der Waals surface area contributed by atoms with Gasteiger partial charge in [0.1, 0.15) is 11.1 Å². The molecular weight excluding hydrogens is 222 g/mol. The molecule has 1 aromatic carbocycles. The van der Waals surface area contributed by atoms with Crippen LogP contribution in [0.25, 0.3) is 10.9 Å². The molecule has 0 bridgehead atoms. The molecule has 3 N–H and O–H groups in total. The number of fused-ring (bicyclic) bond motifs is 1. The zero-order valence-corrected chi connectivity index (χ0v) is 9.56. The number of H-pyrrole nitrogens is 1. The van der Waals surface area contributed by atoms with Crippen molar-refractivity contribution in [2.45, 2.75) is 13.1 Å². The van der Waals surface area contributed by atoms with E-state index in [0.29, 0.717) is 16.7 Å². The molecule has 2 rings (SSSR count). The number of nitrogens with one attached hydrogen (secondary N) is 1. The van der Waals surface area contributed by atoms with E-state index < -0.39 is 17.4 Å². The van der Waals surface area contributed by atoms with Crippen LogP contribution in [0, 0.1) is 0 Å². The predicted molar refractivity (Wildman–Crippen MR) is 64.3 cm³/mol. The van der Waals surface area contributed by atoms with Crippen LogP contribution in [-0.2, 0) is 0 Å². The summed E-state index contributed by atoms with van der Waals surface area (Å²) < 4.78 is 6.07. The second-order valence-corrected chi connectivity index (χ2v) is 3.73. The fraction of sp³-hybridized carbons (Fsp3) is 0.273. The summed E-state index contributed by atoms with van der Waals surface area (Å²) in [6.45, 7) is 1.57. The maximum absolute atomic E-state index is 12.2. The summed E-state index contributed by atoms with van der Waals surface area (Å²) >= 11 is 0. The molecule has 0 fully saturated rings. The van der Waals surface area contributed by atoms with Gasteiger partial charge in [-0.05, 0) is 19.1 Å². The Morgan fingerprint density at radius 1 is 1.41 bits per heavy atom. The summed E-state index contributed by atoms with van der Waals surface area (Å²) in [6, 6.07) is 5.01. The van der Waals surface area contributed by atoms with Crippen LogP contribution >= 0.6 is 0 Å². The van der Waals surface area contributed by atoms with Gasteiger partial charge in [0.2, 0.25) is 0 Å². The van der Waals surface area contributed by atoms with Crippen LogP contribution in [0.5, 0.6) is 5.75 Å². The fourth-order valence-corrected chi connectivity index (χ4v) is 1.78. The van der Waals surface area contributed by atoms with Gasteiger partial charge < -0.3 is 15.5 Å². The molecule has 90 valence electrons. The van der Waals surface area contributed by atoms with Crippen molar-refractivity contribution < 1.29 is 4.74 Å². The molecular formula is C11H13N3O3. The summed E-state index contributed by atoms with van der Waals surface area (Å²) in [6.07, 6.45) is -0.694. The monoisotopic (exact) mass is 235 g/mol. The lowest BCUT2D eigenvalue weighted by atomic mass is 10.2. The van der Waals surface area contributed by atoms with Crippen LogP contribution in [-0.4, -0.2) is 16.7 Å². The topological polar surface area (TPSA) is 90.1 Å². The number of nitrogens with zero attached hydrogens (tertiary/aromatic N) is 1. The number of hydrogen-bond donors (Lipinski definition) is 2. The Morgan fingerprint density at radius 3 is 2.71 bits per heavy atom. The molecule has 0 amide bonds. The molecule has 0 saturated carbocycles. The zero-order chi connectivity index (χ0) is 12.6. The lowest BCUT2D eigenvalue weighted by Crippen LogP contribution is -2.40. The fourth-order valence-electron chi connectivity index (χ4n) is 1.78. The van der Waals surface area contributed by atoms with Crippen molar-refractivity contribution >= 4 is 10.9 Å². The molecule has 6 nitrogen and oxygen atoms in total. The highest BCUT2D eigenvalue weighted by Crippen LogP contribution is 2.19. The summed E-state index contributed by atoms with van der Waals surface area (Å²) in [5.41, 5.74) is 5.07. The van der Waals surface area contributed by atoms with Gasteiger partial charge in [0.25, 0.3) is 5.56 Å². The molecule has 17 heavy (non-hydrogen) atoms. The minimum absolute atomic E-state index is 0.326. The normalized spacial score (nSPS) is 12.6. The van der Waals surface area contributed by atoms with Gasteiger partial charge >= 0.3 is 5.69 Å². The molecule has 1 heterocycles. The standard InChI is InChI=1S/C11H13N3O3/c1-6(12)14-10(15)9-7(13-11(14)16)4-3-5-8(9)17-2/h3-6H,12H2,1-2H3,(H,13,16). The highest BCUT2D eigenvalue weighted by Gasteiger charge is 2.13. The molecule has 0 radical (unpaired) electrons. The van der Waals surface area contributed by atoms with Gasteiger partial charge in [0, 0.05) is 0 Å². The first kappa shape index (κ1) is 11.4. The molecule has 6 heteroatoms. The third kappa shape index (κ3) is 1.72. The number of nitrogens with two attached hydrogens (primary N) is 1. The van der Waals surface area contributed by atoms with Gasteiger partial charge in [0.05, 0.1) is 18.8 Å². The van der Waals surface area contributed by atoms with Gasteiger partial charge in [-0.15, -0.1) is 0 Å². The molecule has 0 spiro atoms. The zero-order valence-electron chi connectivity index (χ0n) is 9.56. The second-order valence-electron chi connectivity index (χ2n) is 3.73. The summed E-state index contributed by atoms with van der Waals surface area (Å²) in [5, 5.41) is 0.326. The quantitative estimate of drug-likeness (QED) is 0.776. The number of ether oxygens (including phenoxy) is 1. The van der Waals surface area contributed by atoms with E-state index in [9.17, 15) is 9.59 Å². The van der Waals surface area contributed by atoms with E-state index >= 15 is 0 Å². The Labute approximate surface area is 96.6 Å². The van der Waals surface area contributed by atoms with E-state index in [4.69, 9.17) is 10.5 Å². The molecule has 1 unspecified atom stereocenters. The molecule has 0 aliphatic rings. The van der Waals surface area contributed by atoms with Gasteiger partial charge in [-0.2, -0.15) is 0 Å². The molecule has 1 aromatic heterocycles.